The third kappa shape index (κ3) is 4.44. The molecule has 7 heteroatoms. The lowest BCUT2D eigenvalue weighted by molar-refractivity contribution is -0.130. The fourth-order valence-corrected chi connectivity index (χ4v) is 4.25. The SMILES string of the molecule is CCNC(=NCC(=O)N1CCc2ccccc2C1)N1CCC(c2cnn(C)c2)C1. The summed E-state index contributed by atoms with van der Waals surface area (Å²) in [6.07, 6.45) is 6.05. The van der Waals surface area contributed by atoms with Crippen molar-refractivity contribution in [2.45, 2.75) is 32.2 Å². The van der Waals surface area contributed by atoms with E-state index in [1.54, 1.807) is 0 Å². The van der Waals surface area contributed by atoms with E-state index in [0.29, 0.717) is 12.5 Å². The lowest BCUT2D eigenvalue weighted by atomic mass is 10.00. The number of amides is 1. The molecule has 0 bridgehead atoms. The highest BCUT2D eigenvalue weighted by Gasteiger charge is 2.27. The van der Waals surface area contributed by atoms with Crippen molar-refractivity contribution in [2.24, 2.45) is 12.0 Å². The van der Waals surface area contributed by atoms with E-state index in [-0.39, 0.29) is 12.5 Å². The molecule has 2 aromatic rings. The second kappa shape index (κ2) is 8.68. The van der Waals surface area contributed by atoms with E-state index < -0.39 is 0 Å². The summed E-state index contributed by atoms with van der Waals surface area (Å²) in [5.74, 6) is 1.39. The van der Waals surface area contributed by atoms with Gasteiger partial charge in [0.05, 0.1) is 6.20 Å². The molecule has 7 nitrogen and oxygen atoms in total. The average molecular weight is 395 g/mol. The molecule has 1 atom stereocenters. The number of benzene rings is 1. The fraction of sp³-hybridized carbons (Fsp3) is 0.500. The highest BCUT2D eigenvalue weighted by atomic mass is 16.2. The van der Waals surface area contributed by atoms with E-state index in [1.165, 1.54) is 16.7 Å². The fourth-order valence-electron chi connectivity index (χ4n) is 4.25. The predicted octanol–water partition coefficient (Wildman–Crippen LogP) is 1.76. The first-order chi connectivity index (χ1) is 14.1. The molecule has 1 amide bonds. The first-order valence-corrected chi connectivity index (χ1v) is 10.5. The lowest BCUT2D eigenvalue weighted by Gasteiger charge is -2.28. The highest BCUT2D eigenvalue weighted by molar-refractivity contribution is 5.85. The number of rotatable bonds is 4. The van der Waals surface area contributed by atoms with Crippen molar-refractivity contribution >= 4 is 11.9 Å². The number of aryl methyl sites for hydroxylation is 1. The van der Waals surface area contributed by atoms with E-state index in [4.69, 9.17) is 0 Å². The summed E-state index contributed by atoms with van der Waals surface area (Å²) < 4.78 is 1.85. The van der Waals surface area contributed by atoms with Crippen LogP contribution in [0.15, 0.2) is 41.7 Å². The van der Waals surface area contributed by atoms with Gasteiger partial charge in [0, 0.05) is 51.9 Å². The molecule has 1 saturated heterocycles. The maximum absolute atomic E-state index is 12.8. The number of carbonyl (C=O) groups is 1. The van der Waals surface area contributed by atoms with Gasteiger partial charge in [-0.3, -0.25) is 9.48 Å². The van der Waals surface area contributed by atoms with Crippen molar-refractivity contribution in [3.63, 3.8) is 0 Å². The molecule has 154 valence electrons. The zero-order valence-electron chi connectivity index (χ0n) is 17.3. The molecule has 4 rings (SSSR count). The lowest BCUT2D eigenvalue weighted by Crippen LogP contribution is -2.42. The van der Waals surface area contributed by atoms with Crippen LogP contribution in [-0.2, 0) is 24.8 Å². The van der Waals surface area contributed by atoms with Crippen LogP contribution in [0.5, 0.6) is 0 Å². The van der Waals surface area contributed by atoms with Gasteiger partial charge in [-0.25, -0.2) is 4.99 Å². The third-order valence-electron chi connectivity index (χ3n) is 5.87. The van der Waals surface area contributed by atoms with Crippen LogP contribution in [0.4, 0.5) is 0 Å². The van der Waals surface area contributed by atoms with Crippen molar-refractivity contribution in [2.75, 3.05) is 32.7 Å². The zero-order valence-corrected chi connectivity index (χ0v) is 17.3. The molecule has 3 heterocycles. The van der Waals surface area contributed by atoms with E-state index in [9.17, 15) is 4.79 Å². The van der Waals surface area contributed by atoms with Crippen molar-refractivity contribution in [3.8, 4) is 0 Å². The van der Waals surface area contributed by atoms with Crippen molar-refractivity contribution in [3.05, 3.63) is 53.3 Å². The summed E-state index contributed by atoms with van der Waals surface area (Å²) in [6.45, 7) is 6.35. The number of fused-ring (bicyclic) bond motifs is 1. The van der Waals surface area contributed by atoms with Crippen LogP contribution in [0.1, 0.15) is 36.0 Å². The molecule has 0 saturated carbocycles. The average Bonchev–Trinajstić information content (AvgIpc) is 3.39. The molecule has 2 aliphatic heterocycles. The molecular formula is C22H30N6O. The minimum Gasteiger partial charge on any atom is -0.357 e. The Kier molecular flexibility index (Phi) is 5.83. The molecule has 1 aromatic carbocycles. The summed E-state index contributed by atoms with van der Waals surface area (Å²) in [7, 11) is 1.95. The summed E-state index contributed by atoms with van der Waals surface area (Å²) in [5, 5.41) is 7.66. The van der Waals surface area contributed by atoms with Crippen molar-refractivity contribution in [1.29, 1.82) is 0 Å². The number of hydrogen-bond acceptors (Lipinski definition) is 3. The highest BCUT2D eigenvalue weighted by Crippen LogP contribution is 2.26. The van der Waals surface area contributed by atoms with Gasteiger partial charge in [-0.2, -0.15) is 5.10 Å². The van der Waals surface area contributed by atoms with Crippen LogP contribution < -0.4 is 5.32 Å². The Morgan fingerprint density at radius 3 is 2.83 bits per heavy atom. The third-order valence-corrected chi connectivity index (χ3v) is 5.87. The van der Waals surface area contributed by atoms with E-state index in [0.717, 1.165) is 45.0 Å². The molecular weight excluding hydrogens is 364 g/mol. The molecule has 1 aromatic heterocycles. The molecule has 1 unspecified atom stereocenters. The monoisotopic (exact) mass is 394 g/mol. The Morgan fingerprint density at radius 2 is 2.07 bits per heavy atom. The molecule has 1 fully saturated rings. The van der Waals surface area contributed by atoms with Gasteiger partial charge in [-0.1, -0.05) is 24.3 Å². The number of hydrogen-bond donors (Lipinski definition) is 1. The summed E-state index contributed by atoms with van der Waals surface area (Å²) >= 11 is 0. The van der Waals surface area contributed by atoms with Crippen LogP contribution in [0.25, 0.3) is 0 Å². The topological polar surface area (TPSA) is 65.8 Å². The van der Waals surface area contributed by atoms with Crippen LogP contribution in [0.3, 0.4) is 0 Å². The van der Waals surface area contributed by atoms with Crippen LogP contribution in [0, 0.1) is 0 Å². The van der Waals surface area contributed by atoms with Gasteiger partial charge in [0.15, 0.2) is 5.96 Å². The number of aromatic nitrogens is 2. The van der Waals surface area contributed by atoms with Gasteiger partial charge < -0.3 is 15.1 Å². The van der Waals surface area contributed by atoms with Gasteiger partial charge in [0.25, 0.3) is 0 Å². The van der Waals surface area contributed by atoms with Crippen LogP contribution in [0.2, 0.25) is 0 Å². The summed E-state index contributed by atoms with van der Waals surface area (Å²) in [5.41, 5.74) is 3.88. The van der Waals surface area contributed by atoms with Crippen molar-refractivity contribution < 1.29 is 4.79 Å². The zero-order chi connectivity index (χ0) is 20.2. The Labute approximate surface area is 172 Å². The minimum absolute atomic E-state index is 0.0953. The Balaban J connectivity index is 1.38. The number of guanidine groups is 1. The Hall–Kier alpha value is -2.83. The van der Waals surface area contributed by atoms with E-state index in [2.05, 4.69) is 51.6 Å². The number of carbonyl (C=O) groups excluding carboxylic acids is 1. The van der Waals surface area contributed by atoms with Crippen LogP contribution >= 0.6 is 0 Å². The largest absolute Gasteiger partial charge is 0.357 e. The van der Waals surface area contributed by atoms with Gasteiger partial charge in [0.2, 0.25) is 5.91 Å². The molecule has 0 spiro atoms. The predicted molar refractivity (Wildman–Crippen MR) is 114 cm³/mol. The number of nitrogens with one attached hydrogen (secondary N) is 1. The summed E-state index contributed by atoms with van der Waals surface area (Å²) in [6, 6.07) is 8.38. The van der Waals surface area contributed by atoms with Gasteiger partial charge in [-0.15, -0.1) is 0 Å². The maximum atomic E-state index is 12.8. The normalized spacial score (nSPS) is 19.4. The van der Waals surface area contributed by atoms with Gasteiger partial charge in [0.1, 0.15) is 6.54 Å². The van der Waals surface area contributed by atoms with Crippen LogP contribution in [-0.4, -0.2) is 64.2 Å². The van der Waals surface area contributed by atoms with Gasteiger partial charge in [-0.05, 0) is 36.5 Å². The number of aliphatic imine (C=N–C) groups is 1. The maximum Gasteiger partial charge on any atom is 0.244 e. The second-order valence-electron chi connectivity index (χ2n) is 7.88. The molecule has 0 aliphatic carbocycles. The second-order valence-corrected chi connectivity index (χ2v) is 7.88. The standard InChI is InChI=1S/C22H30N6O/c1-3-23-22(28-11-9-19(16-28)20-12-25-26(2)14-20)24-13-21(29)27-10-8-17-6-4-5-7-18(17)15-27/h4-7,12,14,19H,3,8-11,13,15-16H2,1-2H3,(H,23,24). The quantitative estimate of drug-likeness (QED) is 0.634. The molecule has 2 aliphatic rings. The Bertz CT molecular complexity index is 889. The smallest absolute Gasteiger partial charge is 0.244 e. The van der Waals surface area contributed by atoms with E-state index >= 15 is 0 Å². The molecule has 0 radical (unpaired) electrons. The number of likely N-dealkylation sites (tertiary alicyclic amines) is 1. The minimum atomic E-state index is 0.0953. The first kappa shape index (κ1) is 19.5. The molecule has 29 heavy (non-hydrogen) atoms. The molecule has 1 N–H and O–H groups in total. The number of nitrogens with zero attached hydrogens (tertiary/aromatic N) is 5. The first-order valence-electron chi connectivity index (χ1n) is 10.5. The summed E-state index contributed by atoms with van der Waals surface area (Å²) in [4.78, 5) is 21.7. The Morgan fingerprint density at radius 1 is 1.24 bits per heavy atom. The van der Waals surface area contributed by atoms with E-state index in [1.807, 2.05) is 28.9 Å². The van der Waals surface area contributed by atoms with Gasteiger partial charge >= 0.3 is 0 Å². The van der Waals surface area contributed by atoms with Crippen molar-refractivity contribution in [1.82, 2.24) is 24.9 Å².